The summed E-state index contributed by atoms with van der Waals surface area (Å²) in [5.74, 6) is 5.69. The molecule has 1 aromatic heterocycles. The number of hydrogen-bond acceptors (Lipinski definition) is 3. The summed E-state index contributed by atoms with van der Waals surface area (Å²) in [5, 5.41) is 0. The van der Waals surface area contributed by atoms with E-state index in [1.165, 1.54) is 62.5 Å². The van der Waals surface area contributed by atoms with E-state index in [9.17, 15) is 0 Å². The van der Waals surface area contributed by atoms with Gasteiger partial charge >= 0.3 is 0 Å². The molecule has 3 N–H and O–H groups in total. The lowest BCUT2D eigenvalue weighted by atomic mass is 9.98. The minimum absolute atomic E-state index is 0.240. The van der Waals surface area contributed by atoms with Gasteiger partial charge in [-0.3, -0.25) is 16.3 Å². The standard InChI is InChI=1S/C17H31N3/c1-3-4-5-6-7-8-9-10-11-17(20-18)16-14-19-13-12-15(16)2/h12-14,17,20H,3-11,18H2,1-2H3. The molecule has 20 heavy (non-hydrogen) atoms. The maximum absolute atomic E-state index is 5.69. The van der Waals surface area contributed by atoms with E-state index in [4.69, 9.17) is 5.84 Å². The minimum atomic E-state index is 0.240. The Morgan fingerprint density at radius 1 is 1.10 bits per heavy atom. The van der Waals surface area contributed by atoms with Crippen LogP contribution >= 0.6 is 0 Å². The Morgan fingerprint density at radius 2 is 1.75 bits per heavy atom. The first kappa shape index (κ1) is 17.1. The highest BCUT2D eigenvalue weighted by atomic mass is 15.2. The van der Waals surface area contributed by atoms with Crippen molar-refractivity contribution in [2.24, 2.45) is 5.84 Å². The maximum Gasteiger partial charge on any atom is 0.0477 e. The first-order chi connectivity index (χ1) is 9.79. The van der Waals surface area contributed by atoms with E-state index >= 15 is 0 Å². The van der Waals surface area contributed by atoms with E-state index in [-0.39, 0.29) is 6.04 Å². The molecule has 1 aromatic rings. The van der Waals surface area contributed by atoms with Crippen molar-refractivity contribution in [3.05, 3.63) is 29.6 Å². The Bertz CT molecular complexity index is 352. The number of nitrogens with zero attached hydrogens (tertiary/aromatic N) is 1. The monoisotopic (exact) mass is 277 g/mol. The Balaban J connectivity index is 2.18. The van der Waals surface area contributed by atoms with Gasteiger partial charge in [0.1, 0.15) is 0 Å². The molecule has 3 heteroatoms. The van der Waals surface area contributed by atoms with E-state index in [0.717, 1.165) is 6.42 Å². The van der Waals surface area contributed by atoms with Crippen LogP contribution in [0.15, 0.2) is 18.5 Å². The molecule has 0 aliphatic heterocycles. The van der Waals surface area contributed by atoms with Crippen molar-refractivity contribution in [1.29, 1.82) is 0 Å². The molecule has 0 saturated heterocycles. The lowest BCUT2D eigenvalue weighted by Crippen LogP contribution is -2.28. The van der Waals surface area contributed by atoms with Crippen LogP contribution in [0.25, 0.3) is 0 Å². The van der Waals surface area contributed by atoms with Crippen molar-refractivity contribution in [1.82, 2.24) is 10.4 Å². The van der Waals surface area contributed by atoms with Crippen molar-refractivity contribution in [2.45, 2.75) is 77.7 Å². The zero-order valence-corrected chi connectivity index (χ0v) is 13.2. The number of aryl methyl sites for hydroxylation is 1. The van der Waals surface area contributed by atoms with Gasteiger partial charge in [-0.1, -0.05) is 58.3 Å². The fourth-order valence-electron chi connectivity index (χ4n) is 2.65. The van der Waals surface area contributed by atoms with Gasteiger partial charge in [0.2, 0.25) is 0 Å². The SMILES string of the molecule is CCCCCCCCCCC(NN)c1cnccc1C. The molecular formula is C17H31N3. The van der Waals surface area contributed by atoms with Crippen LogP contribution in [0.2, 0.25) is 0 Å². The van der Waals surface area contributed by atoms with E-state index < -0.39 is 0 Å². The van der Waals surface area contributed by atoms with Gasteiger partial charge in [-0.25, -0.2) is 0 Å². The van der Waals surface area contributed by atoms with Gasteiger partial charge in [-0.2, -0.15) is 0 Å². The second-order valence-corrected chi connectivity index (χ2v) is 5.72. The summed E-state index contributed by atoms with van der Waals surface area (Å²) in [7, 11) is 0. The zero-order valence-electron chi connectivity index (χ0n) is 13.2. The van der Waals surface area contributed by atoms with Crippen LogP contribution in [-0.4, -0.2) is 4.98 Å². The number of nitrogens with two attached hydrogens (primary N) is 1. The van der Waals surface area contributed by atoms with Gasteiger partial charge in [0.15, 0.2) is 0 Å². The van der Waals surface area contributed by atoms with Crippen LogP contribution in [0, 0.1) is 6.92 Å². The van der Waals surface area contributed by atoms with Crippen molar-refractivity contribution < 1.29 is 0 Å². The Morgan fingerprint density at radius 3 is 2.35 bits per heavy atom. The average molecular weight is 277 g/mol. The first-order valence-electron chi connectivity index (χ1n) is 8.16. The molecule has 0 fully saturated rings. The van der Waals surface area contributed by atoms with Crippen LogP contribution in [0.5, 0.6) is 0 Å². The summed E-state index contributed by atoms with van der Waals surface area (Å²) in [6.45, 7) is 4.38. The number of aromatic nitrogens is 1. The molecule has 0 amide bonds. The van der Waals surface area contributed by atoms with E-state index in [1.807, 2.05) is 18.5 Å². The highest BCUT2D eigenvalue weighted by Crippen LogP contribution is 2.21. The molecule has 0 bridgehead atoms. The second-order valence-electron chi connectivity index (χ2n) is 5.72. The van der Waals surface area contributed by atoms with Gasteiger partial charge < -0.3 is 0 Å². The molecule has 0 radical (unpaired) electrons. The quantitative estimate of drug-likeness (QED) is 0.357. The first-order valence-corrected chi connectivity index (χ1v) is 8.16. The predicted octanol–water partition coefficient (Wildman–Crippen LogP) is 4.43. The van der Waals surface area contributed by atoms with Crippen LogP contribution in [-0.2, 0) is 0 Å². The highest BCUT2D eigenvalue weighted by Gasteiger charge is 2.11. The largest absolute Gasteiger partial charge is 0.271 e. The molecule has 1 atom stereocenters. The highest BCUT2D eigenvalue weighted by molar-refractivity contribution is 5.24. The Hall–Kier alpha value is -0.930. The summed E-state index contributed by atoms with van der Waals surface area (Å²) < 4.78 is 0. The summed E-state index contributed by atoms with van der Waals surface area (Å²) in [4.78, 5) is 4.21. The third-order valence-corrected chi connectivity index (χ3v) is 4.00. The molecule has 3 nitrogen and oxygen atoms in total. The van der Waals surface area contributed by atoms with Crippen molar-refractivity contribution >= 4 is 0 Å². The van der Waals surface area contributed by atoms with E-state index in [0.29, 0.717) is 0 Å². The van der Waals surface area contributed by atoms with Gasteiger partial charge in [0, 0.05) is 18.4 Å². The van der Waals surface area contributed by atoms with Crippen molar-refractivity contribution in [3.63, 3.8) is 0 Å². The third kappa shape index (κ3) is 6.49. The van der Waals surface area contributed by atoms with Crippen LogP contribution in [0.3, 0.4) is 0 Å². The summed E-state index contributed by atoms with van der Waals surface area (Å²) in [6.07, 6.45) is 15.7. The number of hydrogen-bond donors (Lipinski definition) is 2. The molecular weight excluding hydrogens is 246 g/mol. The number of nitrogens with one attached hydrogen (secondary N) is 1. The molecule has 0 saturated carbocycles. The van der Waals surface area contributed by atoms with E-state index in [2.05, 4.69) is 24.3 Å². The fraction of sp³-hybridized carbons (Fsp3) is 0.706. The lowest BCUT2D eigenvalue weighted by Gasteiger charge is -2.17. The Labute approximate surface area is 124 Å². The summed E-state index contributed by atoms with van der Waals surface area (Å²) >= 11 is 0. The van der Waals surface area contributed by atoms with Gasteiger partial charge in [-0.05, 0) is 30.5 Å². The molecule has 0 aliphatic rings. The predicted molar refractivity (Wildman–Crippen MR) is 86.3 cm³/mol. The Kier molecular flexibility index (Phi) is 9.25. The van der Waals surface area contributed by atoms with Gasteiger partial charge in [-0.15, -0.1) is 0 Å². The summed E-state index contributed by atoms with van der Waals surface area (Å²) in [5.41, 5.74) is 5.44. The third-order valence-electron chi connectivity index (χ3n) is 4.00. The second kappa shape index (κ2) is 10.8. The zero-order chi connectivity index (χ0) is 14.6. The topological polar surface area (TPSA) is 50.9 Å². The number of pyridine rings is 1. The van der Waals surface area contributed by atoms with Crippen LogP contribution in [0.4, 0.5) is 0 Å². The molecule has 1 unspecified atom stereocenters. The molecule has 0 aromatic carbocycles. The van der Waals surface area contributed by atoms with E-state index in [1.54, 1.807) is 0 Å². The maximum atomic E-state index is 5.69. The van der Waals surface area contributed by atoms with Gasteiger partial charge in [0.05, 0.1) is 0 Å². The van der Waals surface area contributed by atoms with Crippen LogP contribution in [0.1, 0.15) is 81.9 Å². The number of hydrazine groups is 1. The van der Waals surface area contributed by atoms with Crippen molar-refractivity contribution in [2.75, 3.05) is 0 Å². The molecule has 0 spiro atoms. The normalized spacial score (nSPS) is 12.6. The summed E-state index contributed by atoms with van der Waals surface area (Å²) in [6, 6.07) is 2.29. The molecule has 0 aliphatic carbocycles. The number of rotatable bonds is 11. The van der Waals surface area contributed by atoms with Gasteiger partial charge in [0.25, 0.3) is 0 Å². The fourth-order valence-corrected chi connectivity index (χ4v) is 2.65. The smallest absolute Gasteiger partial charge is 0.0477 e. The molecule has 1 rings (SSSR count). The number of unbranched alkanes of at least 4 members (excludes halogenated alkanes) is 7. The molecule has 1 heterocycles. The minimum Gasteiger partial charge on any atom is -0.271 e. The van der Waals surface area contributed by atoms with Crippen molar-refractivity contribution in [3.8, 4) is 0 Å². The lowest BCUT2D eigenvalue weighted by molar-refractivity contribution is 0.472. The van der Waals surface area contributed by atoms with Crippen LogP contribution < -0.4 is 11.3 Å². The average Bonchev–Trinajstić information content (AvgIpc) is 2.47. The molecule has 114 valence electrons.